The summed E-state index contributed by atoms with van der Waals surface area (Å²) in [6.45, 7) is 5.76. The van der Waals surface area contributed by atoms with Gasteiger partial charge in [-0.1, -0.05) is 18.2 Å². The summed E-state index contributed by atoms with van der Waals surface area (Å²) in [5, 5.41) is 0. The molecule has 0 bridgehead atoms. The molecular weight excluding hydrogens is 146 g/mol. The molecule has 0 spiro atoms. The number of rotatable bonds is 1. The smallest absolute Gasteiger partial charge is 0.183 e. The fourth-order valence-corrected chi connectivity index (χ4v) is 2.09. The van der Waals surface area contributed by atoms with E-state index in [1.807, 2.05) is 0 Å². The summed E-state index contributed by atoms with van der Waals surface area (Å²) in [4.78, 5) is 0. The van der Waals surface area contributed by atoms with Gasteiger partial charge in [0.25, 0.3) is 0 Å². The van der Waals surface area contributed by atoms with Crippen molar-refractivity contribution in [1.29, 1.82) is 0 Å². The molecule has 0 radical (unpaired) electrons. The Labute approximate surface area is 74.1 Å². The third-order valence-electron chi connectivity index (χ3n) is 2.74. The predicted octanol–water partition coefficient (Wildman–Crippen LogP) is 1.99. The van der Waals surface area contributed by atoms with Crippen LogP contribution in [0.3, 0.4) is 0 Å². The van der Waals surface area contributed by atoms with Crippen LogP contribution in [-0.2, 0) is 0 Å². The van der Waals surface area contributed by atoms with Gasteiger partial charge in [-0.3, -0.25) is 0 Å². The number of hydrogen-bond donors (Lipinski definition) is 0. The highest BCUT2D eigenvalue weighted by atomic mass is 15.1. The first kappa shape index (κ1) is 7.78. The van der Waals surface area contributed by atoms with Crippen LogP contribution in [0.25, 0.3) is 0 Å². The number of nitrogens with zero attached hydrogens (tertiary/aromatic N) is 1. The Bertz CT molecular complexity index is 269. The zero-order valence-corrected chi connectivity index (χ0v) is 7.83. The van der Waals surface area contributed by atoms with Gasteiger partial charge < -0.3 is 0 Å². The Kier molecular flexibility index (Phi) is 1.87. The highest BCUT2D eigenvalue weighted by Gasteiger charge is 2.31. The Hall–Kier alpha value is -0.850. The van der Waals surface area contributed by atoms with Gasteiger partial charge in [-0.25, -0.2) is 4.58 Å². The van der Waals surface area contributed by atoms with Crippen LogP contribution in [0.15, 0.2) is 24.3 Å². The van der Waals surface area contributed by atoms with Gasteiger partial charge in [0.05, 0.1) is 5.92 Å². The van der Waals surface area contributed by atoms with Crippen LogP contribution in [0.1, 0.15) is 20.3 Å². The topological polar surface area (TPSA) is 3.01 Å². The molecule has 0 amide bonds. The van der Waals surface area contributed by atoms with Crippen LogP contribution >= 0.6 is 0 Å². The third-order valence-corrected chi connectivity index (χ3v) is 2.74. The van der Waals surface area contributed by atoms with Crippen LogP contribution in [-0.4, -0.2) is 22.9 Å². The molecular formula is C11H16N+. The van der Waals surface area contributed by atoms with E-state index in [4.69, 9.17) is 0 Å². The number of hydrogen-bond acceptors (Lipinski definition) is 0. The van der Waals surface area contributed by atoms with Crippen molar-refractivity contribution in [1.82, 2.24) is 0 Å². The minimum Gasteiger partial charge on any atom is -0.231 e. The lowest BCUT2D eigenvalue weighted by Crippen LogP contribution is -2.23. The summed E-state index contributed by atoms with van der Waals surface area (Å²) in [6, 6.07) is 0.654. The van der Waals surface area contributed by atoms with Crippen LogP contribution in [0, 0.1) is 5.92 Å². The van der Waals surface area contributed by atoms with Gasteiger partial charge in [0.15, 0.2) is 5.71 Å². The maximum atomic E-state index is 2.50. The van der Waals surface area contributed by atoms with Gasteiger partial charge >= 0.3 is 0 Å². The van der Waals surface area contributed by atoms with E-state index < -0.39 is 0 Å². The van der Waals surface area contributed by atoms with Crippen LogP contribution in [0.4, 0.5) is 0 Å². The van der Waals surface area contributed by atoms with Crippen molar-refractivity contribution in [3.63, 3.8) is 0 Å². The lowest BCUT2D eigenvalue weighted by molar-refractivity contribution is -0.550. The normalized spacial score (nSPS) is 27.1. The molecule has 0 aromatic rings. The standard InChI is InChI=1S/C11H16N/c1-9(2)12-8-7-10-5-3-4-6-11(10)12/h3-6,9-10H,7-8H2,1-2H3/q+1/t10-/m0/s1. The zero-order chi connectivity index (χ0) is 8.55. The van der Waals surface area contributed by atoms with E-state index in [1.165, 1.54) is 18.7 Å². The molecule has 0 saturated heterocycles. The summed E-state index contributed by atoms with van der Waals surface area (Å²) in [5.74, 6) is 0.706. The molecule has 1 aliphatic carbocycles. The quantitative estimate of drug-likeness (QED) is 0.519. The average Bonchev–Trinajstić information content (AvgIpc) is 2.47. The summed E-state index contributed by atoms with van der Waals surface area (Å²) in [6.07, 6.45) is 10.2. The van der Waals surface area contributed by atoms with Crippen LogP contribution in [0.2, 0.25) is 0 Å². The van der Waals surface area contributed by atoms with Gasteiger partial charge in [-0.15, -0.1) is 0 Å². The van der Waals surface area contributed by atoms with E-state index in [1.54, 1.807) is 0 Å². The lowest BCUT2D eigenvalue weighted by atomic mass is 9.98. The van der Waals surface area contributed by atoms with Gasteiger partial charge in [-0.2, -0.15) is 0 Å². The summed E-state index contributed by atoms with van der Waals surface area (Å²) in [7, 11) is 0. The fourth-order valence-electron chi connectivity index (χ4n) is 2.09. The summed E-state index contributed by atoms with van der Waals surface area (Å²) >= 11 is 0. The highest BCUT2D eigenvalue weighted by Crippen LogP contribution is 2.20. The second kappa shape index (κ2) is 2.89. The number of allylic oxidation sites excluding steroid dienone is 4. The maximum Gasteiger partial charge on any atom is 0.183 e. The molecule has 1 atom stereocenters. The Morgan fingerprint density at radius 3 is 3.00 bits per heavy atom. The van der Waals surface area contributed by atoms with Gasteiger partial charge in [0.1, 0.15) is 12.6 Å². The first-order valence-corrected chi connectivity index (χ1v) is 4.77. The molecule has 1 aliphatic heterocycles. The van der Waals surface area contributed by atoms with Crippen molar-refractivity contribution in [2.24, 2.45) is 5.92 Å². The van der Waals surface area contributed by atoms with Crippen molar-refractivity contribution >= 4 is 5.71 Å². The molecule has 1 heteroatoms. The zero-order valence-electron chi connectivity index (χ0n) is 7.83. The van der Waals surface area contributed by atoms with E-state index in [9.17, 15) is 0 Å². The SMILES string of the molecule is CC(C)[N+]1=C2C=CC=C[C@H]2CC1. The van der Waals surface area contributed by atoms with Crippen molar-refractivity contribution in [3.05, 3.63) is 24.3 Å². The molecule has 0 unspecified atom stereocenters. The highest BCUT2D eigenvalue weighted by molar-refractivity contribution is 5.96. The monoisotopic (exact) mass is 162 g/mol. The van der Waals surface area contributed by atoms with Gasteiger partial charge in [0.2, 0.25) is 0 Å². The van der Waals surface area contributed by atoms with Crippen molar-refractivity contribution in [2.45, 2.75) is 26.3 Å². The third kappa shape index (κ3) is 1.13. The van der Waals surface area contributed by atoms with Crippen molar-refractivity contribution < 1.29 is 4.58 Å². The molecule has 0 saturated carbocycles. The Balaban J connectivity index is 2.34. The summed E-state index contributed by atoms with van der Waals surface area (Å²) in [5.41, 5.74) is 1.52. The molecule has 2 rings (SSSR count). The lowest BCUT2D eigenvalue weighted by Gasteiger charge is -2.06. The minimum absolute atomic E-state index is 0.654. The van der Waals surface area contributed by atoms with Crippen LogP contribution in [0.5, 0.6) is 0 Å². The Morgan fingerprint density at radius 2 is 2.25 bits per heavy atom. The molecule has 1 nitrogen and oxygen atoms in total. The fraction of sp³-hybridized carbons (Fsp3) is 0.545. The molecule has 0 aromatic heterocycles. The first-order chi connectivity index (χ1) is 5.79. The second-order valence-electron chi connectivity index (χ2n) is 3.85. The largest absolute Gasteiger partial charge is 0.231 e. The van der Waals surface area contributed by atoms with E-state index in [-0.39, 0.29) is 0 Å². The van der Waals surface area contributed by atoms with Gasteiger partial charge in [0, 0.05) is 12.5 Å². The van der Waals surface area contributed by atoms with E-state index in [2.05, 4.69) is 42.7 Å². The molecule has 0 aromatic carbocycles. The maximum absolute atomic E-state index is 2.50. The van der Waals surface area contributed by atoms with Gasteiger partial charge in [-0.05, 0) is 13.8 Å². The minimum atomic E-state index is 0.654. The van der Waals surface area contributed by atoms with E-state index >= 15 is 0 Å². The molecule has 2 aliphatic rings. The number of fused-ring (bicyclic) bond motifs is 1. The average molecular weight is 162 g/mol. The molecule has 0 fully saturated rings. The molecule has 1 heterocycles. The predicted molar refractivity (Wildman–Crippen MR) is 51.7 cm³/mol. The first-order valence-electron chi connectivity index (χ1n) is 4.77. The molecule has 0 N–H and O–H groups in total. The second-order valence-corrected chi connectivity index (χ2v) is 3.85. The van der Waals surface area contributed by atoms with E-state index in [0.29, 0.717) is 12.0 Å². The Morgan fingerprint density at radius 1 is 1.42 bits per heavy atom. The van der Waals surface area contributed by atoms with Crippen LogP contribution < -0.4 is 0 Å². The van der Waals surface area contributed by atoms with Crippen molar-refractivity contribution in [3.8, 4) is 0 Å². The van der Waals surface area contributed by atoms with E-state index in [0.717, 1.165) is 0 Å². The molecule has 12 heavy (non-hydrogen) atoms. The summed E-state index contributed by atoms with van der Waals surface area (Å²) < 4.78 is 2.50. The molecule has 64 valence electrons. The van der Waals surface area contributed by atoms with Crippen molar-refractivity contribution in [2.75, 3.05) is 6.54 Å².